The van der Waals surface area contributed by atoms with Crippen LogP contribution in [0.15, 0.2) is 53.4 Å². The monoisotopic (exact) mass is 410 g/mol. The minimum Gasteiger partial charge on any atom is -0.352 e. The molecule has 1 aliphatic heterocycles. The second kappa shape index (κ2) is 7.74. The van der Waals surface area contributed by atoms with Crippen molar-refractivity contribution in [3.8, 4) is 0 Å². The molecule has 4 N–H and O–H groups in total. The van der Waals surface area contributed by atoms with Crippen LogP contribution in [0.3, 0.4) is 0 Å². The van der Waals surface area contributed by atoms with Crippen molar-refractivity contribution in [3.05, 3.63) is 65.2 Å². The largest absolute Gasteiger partial charge is 0.352 e. The standard InChI is InChI=1S/C22H26N4O2S/c1-29(27,28)17-9-8-16-14-26(10-4-5-15(16)11-17)22-12-19(20(24)13-23)18-6-2-3-7-21(18)25-22/h2-3,6-9,11-12,20H,4-5,10,13-14,23-24H2,1H3. The van der Waals surface area contributed by atoms with Gasteiger partial charge in [0.2, 0.25) is 0 Å². The van der Waals surface area contributed by atoms with Crippen molar-refractivity contribution in [2.75, 3.05) is 24.2 Å². The molecular weight excluding hydrogens is 384 g/mol. The van der Waals surface area contributed by atoms with Crippen molar-refractivity contribution in [3.63, 3.8) is 0 Å². The van der Waals surface area contributed by atoms with E-state index in [1.807, 2.05) is 36.4 Å². The molecule has 2 aromatic carbocycles. The zero-order valence-corrected chi connectivity index (χ0v) is 17.3. The molecule has 0 saturated heterocycles. The number of aromatic nitrogens is 1. The maximum absolute atomic E-state index is 11.9. The molecule has 152 valence electrons. The van der Waals surface area contributed by atoms with Crippen LogP contribution in [-0.2, 0) is 22.8 Å². The predicted octanol–water partition coefficient (Wildman–Crippen LogP) is 2.55. The van der Waals surface area contributed by atoms with Crippen LogP contribution in [0.4, 0.5) is 5.82 Å². The number of hydrogen-bond acceptors (Lipinski definition) is 6. The van der Waals surface area contributed by atoms with Gasteiger partial charge < -0.3 is 16.4 Å². The van der Waals surface area contributed by atoms with E-state index in [2.05, 4.69) is 11.0 Å². The lowest BCUT2D eigenvalue weighted by Gasteiger charge is -2.24. The van der Waals surface area contributed by atoms with E-state index in [9.17, 15) is 8.42 Å². The molecule has 29 heavy (non-hydrogen) atoms. The number of pyridine rings is 1. The molecule has 0 amide bonds. The number of fused-ring (bicyclic) bond motifs is 2. The second-order valence-corrected chi connectivity index (χ2v) is 9.67. The zero-order valence-electron chi connectivity index (χ0n) is 16.5. The van der Waals surface area contributed by atoms with Crippen LogP contribution in [0.25, 0.3) is 10.9 Å². The fourth-order valence-electron chi connectivity index (χ4n) is 3.94. The molecule has 0 fully saturated rings. The third kappa shape index (κ3) is 3.99. The van der Waals surface area contributed by atoms with Crippen LogP contribution in [-0.4, -0.2) is 32.7 Å². The van der Waals surface area contributed by atoms with E-state index in [1.54, 1.807) is 6.07 Å². The molecule has 6 nitrogen and oxygen atoms in total. The van der Waals surface area contributed by atoms with Gasteiger partial charge in [-0.15, -0.1) is 0 Å². The van der Waals surface area contributed by atoms with Gasteiger partial charge in [0.15, 0.2) is 9.84 Å². The second-order valence-electron chi connectivity index (χ2n) is 7.66. The summed E-state index contributed by atoms with van der Waals surface area (Å²) in [4.78, 5) is 7.50. The minimum atomic E-state index is -3.21. The molecule has 0 saturated carbocycles. The van der Waals surface area contributed by atoms with Gasteiger partial charge in [0.25, 0.3) is 0 Å². The Labute approximate surface area is 171 Å². The minimum absolute atomic E-state index is 0.252. The molecule has 0 spiro atoms. The topological polar surface area (TPSA) is 102 Å². The lowest BCUT2D eigenvalue weighted by Crippen LogP contribution is -2.25. The van der Waals surface area contributed by atoms with Crippen LogP contribution in [0, 0.1) is 0 Å². The maximum atomic E-state index is 11.9. The lowest BCUT2D eigenvalue weighted by atomic mass is 10.0. The molecule has 1 atom stereocenters. The summed E-state index contributed by atoms with van der Waals surface area (Å²) in [5.74, 6) is 0.877. The summed E-state index contributed by atoms with van der Waals surface area (Å²) in [6.45, 7) is 1.89. The van der Waals surface area contributed by atoms with Gasteiger partial charge in [-0.05, 0) is 53.8 Å². The highest BCUT2D eigenvalue weighted by molar-refractivity contribution is 7.90. The summed E-state index contributed by atoms with van der Waals surface area (Å²) >= 11 is 0. The van der Waals surface area contributed by atoms with Crippen LogP contribution in [0.2, 0.25) is 0 Å². The van der Waals surface area contributed by atoms with Crippen molar-refractivity contribution in [1.29, 1.82) is 0 Å². The number of nitrogens with two attached hydrogens (primary N) is 2. The first-order valence-corrected chi connectivity index (χ1v) is 11.7. The molecule has 4 rings (SSSR count). The van der Waals surface area contributed by atoms with Crippen LogP contribution >= 0.6 is 0 Å². The van der Waals surface area contributed by atoms with Crippen molar-refractivity contribution in [2.24, 2.45) is 11.5 Å². The highest BCUT2D eigenvalue weighted by Crippen LogP contribution is 2.30. The van der Waals surface area contributed by atoms with Crippen molar-refractivity contribution in [2.45, 2.75) is 30.3 Å². The van der Waals surface area contributed by atoms with Crippen molar-refractivity contribution < 1.29 is 8.42 Å². The first-order valence-electron chi connectivity index (χ1n) is 9.79. The highest BCUT2D eigenvalue weighted by Gasteiger charge is 2.20. The Balaban J connectivity index is 1.75. The van der Waals surface area contributed by atoms with Gasteiger partial charge in [-0.2, -0.15) is 0 Å². The van der Waals surface area contributed by atoms with Gasteiger partial charge in [-0.25, -0.2) is 13.4 Å². The van der Waals surface area contributed by atoms with E-state index in [0.29, 0.717) is 18.0 Å². The summed E-state index contributed by atoms with van der Waals surface area (Å²) in [6.07, 6.45) is 3.02. The van der Waals surface area contributed by atoms with Gasteiger partial charge in [0.05, 0.1) is 10.4 Å². The smallest absolute Gasteiger partial charge is 0.175 e. The number of benzene rings is 2. The molecule has 7 heteroatoms. The van der Waals surface area contributed by atoms with Crippen LogP contribution in [0.1, 0.15) is 29.2 Å². The van der Waals surface area contributed by atoms with Gasteiger partial charge in [-0.3, -0.25) is 0 Å². The Bertz CT molecular complexity index is 1160. The Hall–Kier alpha value is -2.48. The molecule has 0 radical (unpaired) electrons. The zero-order chi connectivity index (χ0) is 20.6. The number of rotatable bonds is 4. The molecule has 1 unspecified atom stereocenters. The van der Waals surface area contributed by atoms with Crippen LogP contribution < -0.4 is 16.4 Å². The number of aryl methyl sites for hydroxylation is 1. The fraction of sp³-hybridized carbons (Fsp3) is 0.318. The quantitative estimate of drug-likeness (QED) is 0.685. The molecule has 1 aromatic heterocycles. The van der Waals surface area contributed by atoms with E-state index >= 15 is 0 Å². The molecular formula is C22H26N4O2S. The van der Waals surface area contributed by atoms with E-state index in [1.165, 1.54) is 6.26 Å². The molecule has 0 aliphatic carbocycles. The molecule has 3 aromatic rings. The summed E-state index contributed by atoms with van der Waals surface area (Å²) in [6, 6.07) is 15.2. The maximum Gasteiger partial charge on any atom is 0.175 e. The lowest BCUT2D eigenvalue weighted by molar-refractivity contribution is 0.601. The molecule has 0 bridgehead atoms. The summed E-state index contributed by atoms with van der Waals surface area (Å²) in [7, 11) is -3.21. The molecule has 1 aliphatic rings. The number of sulfone groups is 1. The van der Waals surface area contributed by atoms with E-state index in [-0.39, 0.29) is 6.04 Å². The molecule has 2 heterocycles. The number of para-hydroxylation sites is 1. The van der Waals surface area contributed by atoms with Crippen molar-refractivity contribution in [1.82, 2.24) is 4.98 Å². The van der Waals surface area contributed by atoms with Crippen LogP contribution in [0.5, 0.6) is 0 Å². The van der Waals surface area contributed by atoms with E-state index < -0.39 is 9.84 Å². The number of anilines is 1. The first-order chi connectivity index (χ1) is 13.9. The summed E-state index contributed by atoms with van der Waals surface area (Å²) in [5.41, 5.74) is 16.3. The Morgan fingerprint density at radius 3 is 2.69 bits per heavy atom. The van der Waals surface area contributed by atoms with Crippen molar-refractivity contribution >= 4 is 26.6 Å². The fourth-order valence-corrected chi connectivity index (χ4v) is 4.62. The van der Waals surface area contributed by atoms with Gasteiger partial charge in [0, 0.05) is 37.3 Å². The normalized spacial score (nSPS) is 15.8. The van der Waals surface area contributed by atoms with E-state index in [0.717, 1.165) is 52.8 Å². The summed E-state index contributed by atoms with van der Waals surface area (Å²) in [5, 5.41) is 1.03. The Kier molecular flexibility index (Phi) is 5.29. The number of hydrogen-bond donors (Lipinski definition) is 2. The Morgan fingerprint density at radius 1 is 1.14 bits per heavy atom. The van der Waals surface area contributed by atoms with Gasteiger partial charge in [-0.1, -0.05) is 24.3 Å². The summed E-state index contributed by atoms with van der Waals surface area (Å²) < 4.78 is 23.8. The van der Waals surface area contributed by atoms with Gasteiger partial charge in [0.1, 0.15) is 5.82 Å². The first kappa shape index (κ1) is 19.8. The predicted molar refractivity (Wildman–Crippen MR) is 117 cm³/mol. The van der Waals surface area contributed by atoms with Gasteiger partial charge >= 0.3 is 0 Å². The third-order valence-corrected chi connectivity index (χ3v) is 6.66. The Morgan fingerprint density at radius 2 is 1.93 bits per heavy atom. The number of nitrogens with zero attached hydrogens (tertiary/aromatic N) is 2. The average Bonchev–Trinajstić information content (AvgIpc) is 2.93. The SMILES string of the molecule is CS(=O)(=O)c1ccc2c(c1)CCCN(c1cc(C(N)CN)c3ccccc3n1)C2. The third-order valence-electron chi connectivity index (χ3n) is 5.55. The highest BCUT2D eigenvalue weighted by atomic mass is 32.2. The average molecular weight is 411 g/mol. The van der Waals surface area contributed by atoms with E-state index in [4.69, 9.17) is 16.5 Å².